The topological polar surface area (TPSA) is 137 Å². The molecule has 0 unspecified atom stereocenters. The number of ether oxygens (including phenoxy) is 1. The summed E-state index contributed by atoms with van der Waals surface area (Å²) in [6.07, 6.45) is 6.02. The molecule has 2 fully saturated rings. The molecule has 3 rings (SSSR count). The summed E-state index contributed by atoms with van der Waals surface area (Å²) in [5, 5.41) is 18.0. The first-order valence-electron chi connectivity index (χ1n) is 15.5. The van der Waals surface area contributed by atoms with Gasteiger partial charge in [-0.25, -0.2) is 0 Å². The van der Waals surface area contributed by atoms with Crippen molar-refractivity contribution in [3.8, 4) is 5.75 Å². The van der Waals surface area contributed by atoms with Gasteiger partial charge in [0.15, 0.2) is 0 Å². The van der Waals surface area contributed by atoms with Crippen LogP contribution in [0.15, 0.2) is 24.3 Å². The number of hydrogen-bond donors (Lipinski definition) is 5. The number of benzene rings is 1. The lowest BCUT2D eigenvalue weighted by molar-refractivity contribution is -0.870. The highest BCUT2D eigenvalue weighted by Crippen LogP contribution is 2.44. The molecule has 4 amide bonds. The number of piperazine rings is 1. The smallest absolute Gasteiger partial charge is 0.246 e. The number of hydrogen-bond acceptors (Lipinski definition) is 7. The Morgan fingerprint density at radius 3 is 2.47 bits per heavy atom. The first kappa shape index (κ1) is 34.7. The van der Waals surface area contributed by atoms with Crippen molar-refractivity contribution in [3.63, 3.8) is 0 Å². The highest BCUT2D eigenvalue weighted by molar-refractivity contribution is 7.81. The first-order chi connectivity index (χ1) is 20.6. The Labute approximate surface area is 261 Å². The van der Waals surface area contributed by atoms with E-state index in [0.29, 0.717) is 25.3 Å². The van der Waals surface area contributed by atoms with Crippen LogP contribution in [0.25, 0.3) is 0 Å². The number of aliphatic hydroxyl groups is 1. The molecule has 2 saturated heterocycles. The minimum atomic E-state index is -0.717. The molecule has 0 aliphatic carbocycles. The van der Waals surface area contributed by atoms with Gasteiger partial charge in [-0.1, -0.05) is 25.0 Å². The van der Waals surface area contributed by atoms with E-state index >= 15 is 0 Å². The number of fused-ring (bicyclic) bond motifs is 1. The van der Waals surface area contributed by atoms with E-state index in [1.54, 1.807) is 23.1 Å². The van der Waals surface area contributed by atoms with Gasteiger partial charge in [0.1, 0.15) is 24.4 Å². The lowest BCUT2D eigenvalue weighted by atomic mass is 9.92. The van der Waals surface area contributed by atoms with Crippen LogP contribution in [0.3, 0.4) is 0 Å². The number of nitrogens with zero attached hydrogens (tertiary/aromatic N) is 2. The summed E-state index contributed by atoms with van der Waals surface area (Å²) >= 11 is 3.95. The summed E-state index contributed by atoms with van der Waals surface area (Å²) in [5.74, 6) is -0.510. The summed E-state index contributed by atoms with van der Waals surface area (Å²) in [7, 11) is 6.39. The molecule has 0 spiro atoms. The zero-order valence-corrected chi connectivity index (χ0v) is 26.7. The minimum Gasteiger partial charge on any atom is -0.491 e. The van der Waals surface area contributed by atoms with E-state index in [1.165, 1.54) is 0 Å². The SMILES string of the molecule is C[N+](C)(C)CCCC[C@@H]1NC(=O)[C@@H]2C[C@H](C(=O)NCCCCCCNC(=O)CS)[C@H](c3cccc(OCCO)c3)N2C1=O. The zero-order valence-electron chi connectivity index (χ0n) is 25.8. The lowest BCUT2D eigenvalue weighted by Gasteiger charge is -2.38. The van der Waals surface area contributed by atoms with Crippen molar-refractivity contribution in [1.29, 1.82) is 0 Å². The average molecular weight is 621 g/mol. The lowest BCUT2D eigenvalue weighted by Crippen LogP contribution is -2.61. The van der Waals surface area contributed by atoms with Gasteiger partial charge < -0.3 is 35.2 Å². The Kier molecular flexibility index (Phi) is 13.6. The Balaban J connectivity index is 1.69. The van der Waals surface area contributed by atoms with Crippen molar-refractivity contribution in [1.82, 2.24) is 20.9 Å². The van der Waals surface area contributed by atoms with Gasteiger partial charge in [0.05, 0.1) is 52.0 Å². The Morgan fingerprint density at radius 2 is 1.79 bits per heavy atom. The number of quaternary nitrogens is 1. The fourth-order valence-electron chi connectivity index (χ4n) is 5.86. The molecular weight excluding hydrogens is 570 g/mol. The van der Waals surface area contributed by atoms with Gasteiger partial charge in [0.25, 0.3) is 0 Å². The maximum Gasteiger partial charge on any atom is 0.246 e. The molecule has 0 radical (unpaired) electrons. The van der Waals surface area contributed by atoms with Crippen molar-refractivity contribution in [2.75, 3.05) is 59.7 Å². The third-order valence-electron chi connectivity index (χ3n) is 8.00. The molecule has 1 aromatic rings. The van der Waals surface area contributed by atoms with Gasteiger partial charge in [0, 0.05) is 13.1 Å². The van der Waals surface area contributed by atoms with Crippen LogP contribution >= 0.6 is 12.6 Å². The van der Waals surface area contributed by atoms with E-state index in [4.69, 9.17) is 4.74 Å². The van der Waals surface area contributed by atoms with E-state index in [2.05, 4.69) is 49.7 Å². The molecule has 2 aliphatic heterocycles. The van der Waals surface area contributed by atoms with E-state index in [-0.39, 0.29) is 49.0 Å². The Hall–Kier alpha value is -2.83. The highest BCUT2D eigenvalue weighted by atomic mass is 32.1. The predicted octanol–water partition coefficient (Wildman–Crippen LogP) is 1.41. The zero-order chi connectivity index (χ0) is 31.4. The van der Waals surface area contributed by atoms with Gasteiger partial charge in [0.2, 0.25) is 23.6 Å². The van der Waals surface area contributed by atoms with Crippen LogP contribution in [-0.4, -0.2) is 110 Å². The van der Waals surface area contributed by atoms with Crippen molar-refractivity contribution in [2.24, 2.45) is 5.92 Å². The van der Waals surface area contributed by atoms with Crippen LogP contribution in [0, 0.1) is 5.92 Å². The van der Waals surface area contributed by atoms with Gasteiger partial charge in [-0.05, 0) is 56.2 Å². The quantitative estimate of drug-likeness (QED) is 0.0957. The summed E-state index contributed by atoms with van der Waals surface area (Å²) < 4.78 is 6.46. The monoisotopic (exact) mass is 620 g/mol. The normalized spacial score (nSPS) is 21.7. The molecule has 1 aromatic carbocycles. The van der Waals surface area contributed by atoms with Crippen molar-refractivity contribution in [2.45, 2.75) is 69.5 Å². The van der Waals surface area contributed by atoms with Crippen LogP contribution in [0.4, 0.5) is 0 Å². The van der Waals surface area contributed by atoms with Crippen LogP contribution in [0.2, 0.25) is 0 Å². The Morgan fingerprint density at radius 1 is 1.07 bits per heavy atom. The molecule has 12 heteroatoms. The van der Waals surface area contributed by atoms with Gasteiger partial charge >= 0.3 is 0 Å². The summed E-state index contributed by atoms with van der Waals surface area (Å²) in [6, 6.07) is 5.29. The van der Waals surface area contributed by atoms with Crippen LogP contribution in [0.1, 0.15) is 63.0 Å². The van der Waals surface area contributed by atoms with Crippen LogP contribution in [-0.2, 0) is 19.2 Å². The van der Waals surface area contributed by atoms with Gasteiger partial charge in [-0.3, -0.25) is 19.2 Å². The molecule has 43 heavy (non-hydrogen) atoms. The van der Waals surface area contributed by atoms with Crippen molar-refractivity contribution >= 4 is 36.3 Å². The van der Waals surface area contributed by atoms with E-state index in [0.717, 1.165) is 55.1 Å². The maximum absolute atomic E-state index is 13.9. The molecule has 0 bridgehead atoms. The molecule has 4 atom stereocenters. The summed E-state index contributed by atoms with van der Waals surface area (Å²) in [4.78, 5) is 53.7. The maximum atomic E-state index is 13.9. The molecular formula is C31H50N5O6S+. The fraction of sp³-hybridized carbons (Fsp3) is 0.677. The standard InChI is InChI=1S/C31H49N5O6S/c1-36(2,3)16-9-6-13-25-31(41)35-26(30(40)34-25)20-24(28(35)22-11-10-12-23(19-22)42-18-17-37)29(39)33-15-8-5-4-7-14-32-27(38)21-43/h10-12,19,24-26,28,37H,4-9,13-18,20-21H2,1-3H3,(H3-,32,33,34,38,39,40,43)/p+1/t24-,25-,26-,28-/m0/s1. The molecule has 0 aromatic heterocycles. The number of amides is 4. The average Bonchev–Trinajstić information content (AvgIpc) is 3.39. The van der Waals surface area contributed by atoms with E-state index in [9.17, 15) is 24.3 Å². The number of nitrogens with one attached hydrogen (secondary N) is 3. The largest absolute Gasteiger partial charge is 0.491 e. The first-order valence-corrected chi connectivity index (χ1v) is 16.1. The number of unbranched alkanes of at least 4 members (excludes halogenated alkanes) is 4. The number of carbonyl (C=O) groups excluding carboxylic acids is 4. The van der Waals surface area contributed by atoms with Gasteiger partial charge in [-0.15, -0.1) is 0 Å². The van der Waals surface area contributed by atoms with Crippen LogP contribution < -0.4 is 20.7 Å². The fourth-order valence-corrected chi connectivity index (χ4v) is 5.97. The number of rotatable bonds is 18. The summed E-state index contributed by atoms with van der Waals surface area (Å²) in [5.41, 5.74) is 0.730. The second-order valence-corrected chi connectivity index (χ2v) is 12.8. The second-order valence-electron chi connectivity index (χ2n) is 12.5. The minimum absolute atomic E-state index is 0.0816. The molecule has 2 heterocycles. The molecule has 11 nitrogen and oxygen atoms in total. The van der Waals surface area contributed by atoms with Crippen molar-refractivity contribution < 1.29 is 33.5 Å². The molecule has 240 valence electrons. The third kappa shape index (κ3) is 10.4. The molecule has 0 saturated carbocycles. The van der Waals surface area contributed by atoms with E-state index < -0.39 is 24.0 Å². The van der Waals surface area contributed by atoms with Gasteiger partial charge in [-0.2, -0.15) is 12.6 Å². The van der Waals surface area contributed by atoms with Crippen LogP contribution in [0.5, 0.6) is 5.75 Å². The number of thiol groups is 1. The third-order valence-corrected chi connectivity index (χ3v) is 8.29. The number of aliphatic hydroxyl groups excluding tert-OH is 1. The number of carbonyl (C=O) groups is 4. The second kappa shape index (κ2) is 16.9. The van der Waals surface area contributed by atoms with E-state index in [1.807, 2.05) is 6.07 Å². The van der Waals surface area contributed by atoms with Crippen molar-refractivity contribution in [3.05, 3.63) is 29.8 Å². The highest BCUT2D eigenvalue weighted by Gasteiger charge is 2.54. The predicted molar refractivity (Wildman–Crippen MR) is 168 cm³/mol. The summed E-state index contributed by atoms with van der Waals surface area (Å²) in [6.45, 7) is 2.07. The molecule has 2 aliphatic rings. The molecule has 4 N–H and O–H groups in total. The Bertz CT molecular complexity index is 1100.